The van der Waals surface area contributed by atoms with Gasteiger partial charge >= 0.3 is 12.4 Å². The van der Waals surface area contributed by atoms with Gasteiger partial charge in [-0.2, -0.15) is 26.3 Å². The Kier molecular flexibility index (Phi) is 6.12. The van der Waals surface area contributed by atoms with Gasteiger partial charge in [0.05, 0.1) is 16.7 Å². The second kappa shape index (κ2) is 8.46. The molecule has 162 valence electrons. The number of hydrogen-bond acceptors (Lipinski definition) is 3. The van der Waals surface area contributed by atoms with Crippen LogP contribution in [0.25, 0.3) is 0 Å². The first-order chi connectivity index (χ1) is 14.4. The topological polar surface area (TPSA) is 51.2 Å². The average molecular weight is 461 g/mol. The summed E-state index contributed by atoms with van der Waals surface area (Å²) in [6.45, 7) is 0. The molecule has 1 N–H and O–H groups in total. The highest BCUT2D eigenvalue weighted by atomic mass is 35.5. The smallest absolute Gasteiger partial charge is 0.417 e. The maximum atomic E-state index is 13.5. The fourth-order valence-corrected chi connectivity index (χ4v) is 2.60. The van der Waals surface area contributed by atoms with Crippen LogP contribution in [0.2, 0.25) is 5.02 Å². The third-order valence-electron chi connectivity index (χ3n) is 3.94. The van der Waals surface area contributed by atoms with Gasteiger partial charge in [0.1, 0.15) is 5.75 Å². The highest BCUT2D eigenvalue weighted by Gasteiger charge is 2.36. The molecule has 1 aromatic heterocycles. The molecule has 0 aliphatic carbocycles. The number of aromatic nitrogens is 1. The summed E-state index contributed by atoms with van der Waals surface area (Å²) in [6.07, 6.45) is -8.84. The standard InChI is InChI=1S/C20H11ClF6N2O2/c21-12-3-7-14(8-4-12)31-17-9-16(20(25,26)27)15(10-28-17)18(30)29-13-5-1-11(2-6-13)19(22,23)24/h1-10H,(H,29,30). The number of nitrogens with one attached hydrogen (secondary N) is 1. The van der Waals surface area contributed by atoms with Crippen molar-refractivity contribution in [3.8, 4) is 11.6 Å². The van der Waals surface area contributed by atoms with Gasteiger partial charge in [-0.25, -0.2) is 4.98 Å². The molecule has 0 unspecified atom stereocenters. The number of benzene rings is 2. The van der Waals surface area contributed by atoms with Crippen LogP contribution in [0.5, 0.6) is 11.6 Å². The van der Waals surface area contributed by atoms with Gasteiger partial charge in [-0.05, 0) is 48.5 Å². The summed E-state index contributed by atoms with van der Waals surface area (Å²) in [5.41, 5.74) is -3.23. The van der Waals surface area contributed by atoms with E-state index in [0.29, 0.717) is 29.4 Å². The van der Waals surface area contributed by atoms with E-state index < -0.39 is 40.8 Å². The van der Waals surface area contributed by atoms with E-state index >= 15 is 0 Å². The number of rotatable bonds is 4. The van der Waals surface area contributed by atoms with Gasteiger partial charge in [0, 0.05) is 23.0 Å². The predicted octanol–water partition coefficient (Wildman–Crippen LogP) is 6.82. The normalized spacial score (nSPS) is 11.8. The zero-order chi connectivity index (χ0) is 22.8. The fraction of sp³-hybridized carbons (Fsp3) is 0.100. The molecule has 3 rings (SSSR count). The molecule has 1 heterocycles. The Morgan fingerprint density at radius 3 is 2.06 bits per heavy atom. The quantitative estimate of drug-likeness (QED) is 0.435. The predicted molar refractivity (Wildman–Crippen MR) is 100 cm³/mol. The van der Waals surface area contributed by atoms with Gasteiger partial charge in [0.2, 0.25) is 5.88 Å². The Bertz CT molecular complexity index is 1080. The fourth-order valence-electron chi connectivity index (χ4n) is 2.47. The second-order valence-electron chi connectivity index (χ2n) is 6.15. The summed E-state index contributed by atoms with van der Waals surface area (Å²) >= 11 is 5.73. The number of anilines is 1. The van der Waals surface area contributed by atoms with Crippen LogP contribution in [0.3, 0.4) is 0 Å². The van der Waals surface area contributed by atoms with Crippen LogP contribution in [0.15, 0.2) is 60.8 Å². The highest BCUT2D eigenvalue weighted by Crippen LogP contribution is 2.35. The van der Waals surface area contributed by atoms with Crippen LogP contribution < -0.4 is 10.1 Å². The Labute approximate surface area is 176 Å². The Morgan fingerprint density at radius 1 is 0.903 bits per heavy atom. The number of halogens is 7. The molecule has 0 atom stereocenters. The molecule has 0 radical (unpaired) electrons. The summed E-state index contributed by atoms with van der Waals surface area (Å²) in [6, 6.07) is 9.57. The van der Waals surface area contributed by atoms with Crippen molar-refractivity contribution in [2.45, 2.75) is 12.4 Å². The molecule has 0 saturated heterocycles. The molecular formula is C20H11ClF6N2O2. The lowest BCUT2D eigenvalue weighted by Crippen LogP contribution is -2.19. The Hall–Kier alpha value is -3.27. The minimum absolute atomic E-state index is 0.118. The molecule has 2 aromatic carbocycles. The van der Waals surface area contributed by atoms with Gasteiger partial charge in [-0.1, -0.05) is 11.6 Å². The number of nitrogens with zero attached hydrogens (tertiary/aromatic N) is 1. The number of hydrogen-bond donors (Lipinski definition) is 1. The number of amides is 1. The minimum Gasteiger partial charge on any atom is -0.439 e. The molecule has 0 spiro atoms. The molecular weight excluding hydrogens is 450 g/mol. The second-order valence-corrected chi connectivity index (χ2v) is 6.59. The SMILES string of the molecule is O=C(Nc1ccc(C(F)(F)F)cc1)c1cnc(Oc2ccc(Cl)cc2)cc1C(F)(F)F. The Morgan fingerprint density at radius 2 is 1.52 bits per heavy atom. The van der Waals surface area contributed by atoms with Gasteiger partial charge in [-0.3, -0.25) is 4.79 Å². The minimum atomic E-state index is -4.92. The monoisotopic (exact) mass is 460 g/mol. The van der Waals surface area contributed by atoms with Crippen LogP contribution in [-0.4, -0.2) is 10.9 Å². The molecule has 0 bridgehead atoms. The lowest BCUT2D eigenvalue weighted by atomic mass is 10.1. The molecule has 1 amide bonds. The van der Waals surface area contributed by atoms with E-state index in [-0.39, 0.29) is 11.4 Å². The zero-order valence-corrected chi connectivity index (χ0v) is 15.9. The number of alkyl halides is 6. The van der Waals surface area contributed by atoms with Gasteiger partial charge in [-0.15, -0.1) is 0 Å². The highest BCUT2D eigenvalue weighted by molar-refractivity contribution is 6.30. The van der Waals surface area contributed by atoms with Crippen molar-refractivity contribution in [1.82, 2.24) is 4.98 Å². The third kappa shape index (κ3) is 5.66. The van der Waals surface area contributed by atoms with Gasteiger partial charge < -0.3 is 10.1 Å². The maximum Gasteiger partial charge on any atom is 0.417 e. The molecule has 31 heavy (non-hydrogen) atoms. The van der Waals surface area contributed by atoms with E-state index in [1.807, 2.05) is 0 Å². The number of ether oxygens (including phenoxy) is 1. The molecule has 11 heteroatoms. The molecule has 0 saturated carbocycles. The first kappa shape index (κ1) is 22.4. The van der Waals surface area contributed by atoms with Gasteiger partial charge in [0.15, 0.2) is 0 Å². The first-order valence-corrected chi connectivity index (χ1v) is 8.80. The number of carbonyl (C=O) groups is 1. The van der Waals surface area contributed by atoms with Crippen molar-refractivity contribution in [3.05, 3.63) is 82.5 Å². The van der Waals surface area contributed by atoms with E-state index in [9.17, 15) is 31.1 Å². The van der Waals surface area contributed by atoms with Crippen LogP contribution in [0.4, 0.5) is 32.0 Å². The van der Waals surface area contributed by atoms with Gasteiger partial charge in [0.25, 0.3) is 5.91 Å². The zero-order valence-electron chi connectivity index (χ0n) is 15.2. The summed E-state index contributed by atoms with van der Waals surface area (Å²) in [5, 5.41) is 2.52. The molecule has 0 fully saturated rings. The summed E-state index contributed by atoms with van der Waals surface area (Å²) in [5.74, 6) is -1.44. The summed E-state index contributed by atoms with van der Waals surface area (Å²) in [4.78, 5) is 16.1. The van der Waals surface area contributed by atoms with Crippen molar-refractivity contribution < 1.29 is 35.9 Å². The molecule has 0 aliphatic rings. The molecule has 0 aliphatic heterocycles. The van der Waals surface area contributed by atoms with Crippen LogP contribution in [-0.2, 0) is 12.4 Å². The van der Waals surface area contributed by atoms with Crippen LogP contribution in [0.1, 0.15) is 21.5 Å². The lowest BCUT2D eigenvalue weighted by molar-refractivity contribution is -0.138. The first-order valence-electron chi connectivity index (χ1n) is 8.43. The van der Waals surface area contributed by atoms with E-state index in [1.165, 1.54) is 24.3 Å². The largest absolute Gasteiger partial charge is 0.439 e. The van der Waals surface area contributed by atoms with Crippen molar-refractivity contribution in [3.63, 3.8) is 0 Å². The summed E-state index contributed by atoms with van der Waals surface area (Å²) < 4.78 is 83.6. The van der Waals surface area contributed by atoms with Crippen LogP contribution >= 0.6 is 11.6 Å². The van der Waals surface area contributed by atoms with Crippen molar-refractivity contribution in [1.29, 1.82) is 0 Å². The van der Waals surface area contributed by atoms with E-state index in [0.717, 1.165) is 12.1 Å². The van der Waals surface area contributed by atoms with Crippen molar-refractivity contribution in [2.24, 2.45) is 0 Å². The maximum absolute atomic E-state index is 13.5. The Balaban J connectivity index is 1.85. The van der Waals surface area contributed by atoms with E-state index in [1.54, 1.807) is 0 Å². The van der Waals surface area contributed by atoms with Crippen molar-refractivity contribution >= 4 is 23.2 Å². The molecule has 4 nitrogen and oxygen atoms in total. The third-order valence-corrected chi connectivity index (χ3v) is 4.19. The number of pyridine rings is 1. The van der Waals surface area contributed by atoms with E-state index in [2.05, 4.69) is 10.3 Å². The van der Waals surface area contributed by atoms with Crippen molar-refractivity contribution in [2.75, 3.05) is 5.32 Å². The number of carbonyl (C=O) groups excluding carboxylic acids is 1. The van der Waals surface area contributed by atoms with Crippen LogP contribution in [0, 0.1) is 0 Å². The lowest BCUT2D eigenvalue weighted by Gasteiger charge is -2.14. The average Bonchev–Trinajstić information content (AvgIpc) is 2.69. The molecule has 3 aromatic rings. The summed E-state index contributed by atoms with van der Waals surface area (Å²) in [7, 11) is 0. The van der Waals surface area contributed by atoms with E-state index in [4.69, 9.17) is 16.3 Å².